The first-order valence-electron chi connectivity index (χ1n) is 5.40. The zero-order valence-electron chi connectivity index (χ0n) is 9.88. The quantitative estimate of drug-likeness (QED) is 0.741. The highest BCUT2D eigenvalue weighted by Crippen LogP contribution is 2.23. The van der Waals surface area contributed by atoms with Crippen LogP contribution in [0.4, 0.5) is 0 Å². The molecule has 1 aromatic carbocycles. The molecule has 0 fully saturated rings. The second-order valence-electron chi connectivity index (χ2n) is 4.37. The Labute approximate surface area is 92.5 Å². The van der Waals surface area contributed by atoms with Crippen molar-refractivity contribution in [2.45, 2.75) is 39.7 Å². The molecule has 0 aromatic heterocycles. The normalized spacial score (nSPS) is 12.5. The molecule has 0 aliphatic rings. The van der Waals surface area contributed by atoms with E-state index >= 15 is 0 Å². The van der Waals surface area contributed by atoms with Gasteiger partial charge in [-0.3, -0.25) is 0 Å². The summed E-state index contributed by atoms with van der Waals surface area (Å²) in [5.41, 5.74) is 4.58. The van der Waals surface area contributed by atoms with E-state index in [1.54, 1.807) is 0 Å². The molecule has 15 heavy (non-hydrogen) atoms. The number of hydrogen-bond acceptors (Lipinski definition) is 1. The third kappa shape index (κ3) is 3.52. The van der Waals surface area contributed by atoms with Gasteiger partial charge in [-0.25, -0.2) is 0 Å². The van der Waals surface area contributed by atoms with Crippen LogP contribution in [0, 0.1) is 13.8 Å². The van der Waals surface area contributed by atoms with E-state index in [1.807, 2.05) is 26.0 Å². The molecule has 0 aliphatic carbocycles. The highest BCUT2D eigenvalue weighted by Gasteiger charge is 2.09. The van der Waals surface area contributed by atoms with E-state index in [1.165, 1.54) is 11.1 Å². The van der Waals surface area contributed by atoms with Crippen LogP contribution in [-0.2, 0) is 0 Å². The van der Waals surface area contributed by atoms with Gasteiger partial charge in [-0.15, -0.1) is 6.58 Å². The smallest absolute Gasteiger partial charge is 0.0795 e. The summed E-state index contributed by atoms with van der Waals surface area (Å²) in [6.07, 6.45) is 1.29. The van der Waals surface area contributed by atoms with Crippen LogP contribution >= 0.6 is 0 Å². The molecule has 0 aliphatic heterocycles. The van der Waals surface area contributed by atoms with Crippen molar-refractivity contribution in [1.29, 1.82) is 0 Å². The van der Waals surface area contributed by atoms with Gasteiger partial charge >= 0.3 is 0 Å². The first kappa shape index (κ1) is 12.0. The van der Waals surface area contributed by atoms with Gasteiger partial charge in [0.25, 0.3) is 0 Å². The van der Waals surface area contributed by atoms with E-state index < -0.39 is 0 Å². The van der Waals surface area contributed by atoms with Crippen LogP contribution < -0.4 is 0 Å². The minimum absolute atomic E-state index is 0.359. The van der Waals surface area contributed by atoms with Gasteiger partial charge in [-0.2, -0.15) is 0 Å². The van der Waals surface area contributed by atoms with E-state index in [4.69, 9.17) is 0 Å². The Morgan fingerprint density at radius 1 is 1.40 bits per heavy atom. The van der Waals surface area contributed by atoms with Crippen LogP contribution in [0.2, 0.25) is 0 Å². The van der Waals surface area contributed by atoms with Crippen molar-refractivity contribution in [3.8, 4) is 0 Å². The highest BCUT2D eigenvalue weighted by molar-refractivity contribution is 5.31. The summed E-state index contributed by atoms with van der Waals surface area (Å²) in [4.78, 5) is 0. The molecule has 1 rings (SSSR count). The van der Waals surface area contributed by atoms with Crippen molar-refractivity contribution in [2.75, 3.05) is 0 Å². The number of benzene rings is 1. The summed E-state index contributed by atoms with van der Waals surface area (Å²) in [6, 6.07) is 6.18. The van der Waals surface area contributed by atoms with Crippen LogP contribution in [0.1, 0.15) is 42.6 Å². The van der Waals surface area contributed by atoms with Gasteiger partial charge < -0.3 is 5.11 Å². The SMILES string of the molecule is C=C(C)CCC(O)c1ccc(C)cc1C. The van der Waals surface area contributed by atoms with E-state index in [0.717, 1.165) is 24.0 Å². The first-order valence-corrected chi connectivity index (χ1v) is 5.40. The summed E-state index contributed by atoms with van der Waals surface area (Å²) < 4.78 is 0. The lowest BCUT2D eigenvalue weighted by molar-refractivity contribution is 0.167. The van der Waals surface area contributed by atoms with Crippen LogP contribution in [0.25, 0.3) is 0 Å². The second-order valence-corrected chi connectivity index (χ2v) is 4.37. The number of hydrogen-bond donors (Lipinski definition) is 1. The monoisotopic (exact) mass is 204 g/mol. The Morgan fingerprint density at radius 3 is 2.60 bits per heavy atom. The average molecular weight is 204 g/mol. The molecular weight excluding hydrogens is 184 g/mol. The molecule has 82 valence electrons. The molecule has 0 spiro atoms. The molecule has 0 saturated heterocycles. The molecule has 1 aromatic rings. The number of rotatable bonds is 4. The van der Waals surface area contributed by atoms with E-state index in [-0.39, 0.29) is 6.10 Å². The molecule has 1 heteroatoms. The Morgan fingerprint density at radius 2 is 2.07 bits per heavy atom. The summed E-state index contributed by atoms with van der Waals surface area (Å²) in [5.74, 6) is 0. The molecule has 0 amide bonds. The maximum atomic E-state index is 10.0. The fourth-order valence-electron chi connectivity index (χ4n) is 1.74. The summed E-state index contributed by atoms with van der Waals surface area (Å²) >= 11 is 0. The van der Waals surface area contributed by atoms with Crippen molar-refractivity contribution in [1.82, 2.24) is 0 Å². The van der Waals surface area contributed by atoms with Crippen LogP contribution in [-0.4, -0.2) is 5.11 Å². The highest BCUT2D eigenvalue weighted by atomic mass is 16.3. The van der Waals surface area contributed by atoms with Crippen molar-refractivity contribution >= 4 is 0 Å². The van der Waals surface area contributed by atoms with Gasteiger partial charge in [0.2, 0.25) is 0 Å². The summed E-state index contributed by atoms with van der Waals surface area (Å²) in [5, 5.41) is 10.0. The number of aliphatic hydroxyl groups excluding tert-OH is 1. The van der Waals surface area contributed by atoms with Crippen molar-refractivity contribution < 1.29 is 5.11 Å². The zero-order chi connectivity index (χ0) is 11.4. The van der Waals surface area contributed by atoms with Gasteiger partial charge in [-0.05, 0) is 44.7 Å². The average Bonchev–Trinajstić information content (AvgIpc) is 2.14. The van der Waals surface area contributed by atoms with Crippen LogP contribution in [0.15, 0.2) is 30.4 Å². The number of aryl methyl sites for hydroxylation is 2. The lowest BCUT2D eigenvalue weighted by atomic mass is 9.97. The Hall–Kier alpha value is -1.08. The fraction of sp³-hybridized carbons (Fsp3) is 0.429. The Kier molecular flexibility index (Phi) is 4.10. The molecule has 1 atom stereocenters. The van der Waals surface area contributed by atoms with E-state index in [2.05, 4.69) is 19.6 Å². The van der Waals surface area contributed by atoms with Crippen LogP contribution in [0.5, 0.6) is 0 Å². The van der Waals surface area contributed by atoms with E-state index in [9.17, 15) is 5.11 Å². The van der Waals surface area contributed by atoms with Crippen LogP contribution in [0.3, 0.4) is 0 Å². The molecule has 0 bridgehead atoms. The molecule has 1 N–H and O–H groups in total. The third-order valence-electron chi connectivity index (χ3n) is 2.63. The molecule has 0 radical (unpaired) electrons. The molecule has 0 saturated carbocycles. The zero-order valence-corrected chi connectivity index (χ0v) is 9.88. The lowest BCUT2D eigenvalue weighted by Gasteiger charge is -2.14. The first-order chi connectivity index (χ1) is 7.00. The van der Waals surface area contributed by atoms with Crippen molar-refractivity contribution in [3.05, 3.63) is 47.0 Å². The predicted molar refractivity (Wildman–Crippen MR) is 64.9 cm³/mol. The standard InChI is InChI=1S/C14H20O/c1-10(2)5-8-14(15)13-7-6-11(3)9-12(13)4/h6-7,9,14-15H,1,5,8H2,2-4H3. The van der Waals surface area contributed by atoms with Crippen molar-refractivity contribution in [3.63, 3.8) is 0 Å². The van der Waals surface area contributed by atoms with Gasteiger partial charge in [0.05, 0.1) is 6.10 Å². The fourth-order valence-corrected chi connectivity index (χ4v) is 1.74. The minimum Gasteiger partial charge on any atom is -0.388 e. The third-order valence-corrected chi connectivity index (χ3v) is 2.63. The van der Waals surface area contributed by atoms with Gasteiger partial charge in [0.1, 0.15) is 0 Å². The largest absolute Gasteiger partial charge is 0.388 e. The van der Waals surface area contributed by atoms with Gasteiger partial charge in [0, 0.05) is 0 Å². The molecule has 0 heterocycles. The summed E-state index contributed by atoms with van der Waals surface area (Å²) in [7, 11) is 0. The van der Waals surface area contributed by atoms with Crippen molar-refractivity contribution in [2.24, 2.45) is 0 Å². The molecule has 1 unspecified atom stereocenters. The number of aliphatic hydroxyl groups is 1. The molecular formula is C14H20O. The molecule has 1 nitrogen and oxygen atoms in total. The number of allylic oxidation sites excluding steroid dienone is 1. The Balaban J connectivity index is 2.73. The lowest BCUT2D eigenvalue weighted by Crippen LogP contribution is -2.00. The maximum absolute atomic E-state index is 10.0. The maximum Gasteiger partial charge on any atom is 0.0795 e. The van der Waals surface area contributed by atoms with Gasteiger partial charge in [0.15, 0.2) is 0 Å². The second kappa shape index (κ2) is 5.13. The predicted octanol–water partition coefficient (Wildman–Crippen LogP) is 3.69. The van der Waals surface area contributed by atoms with E-state index in [0.29, 0.717) is 0 Å². The topological polar surface area (TPSA) is 20.2 Å². The van der Waals surface area contributed by atoms with Gasteiger partial charge in [-0.1, -0.05) is 29.3 Å². The Bertz CT molecular complexity index is 352. The summed E-state index contributed by atoms with van der Waals surface area (Å²) in [6.45, 7) is 9.96. The minimum atomic E-state index is -0.359.